The number of benzene rings is 1. The Kier molecular flexibility index (Phi) is 2.53. The molecule has 0 spiro atoms. The van der Waals surface area contributed by atoms with Crippen LogP contribution in [0.1, 0.15) is 38.8 Å². The van der Waals surface area contributed by atoms with Crippen molar-refractivity contribution < 1.29 is 0 Å². The standard InChI is InChI=1S/C14H20N2/c1-6-16-13-11(9-15-16)8-7-10(2)12(13)14(3,4)5/h7-9H,6H2,1-5H3. The molecule has 16 heavy (non-hydrogen) atoms. The first-order valence-electron chi connectivity index (χ1n) is 5.90. The minimum atomic E-state index is 0.163. The monoisotopic (exact) mass is 216 g/mol. The highest BCUT2D eigenvalue weighted by Crippen LogP contribution is 2.32. The Labute approximate surface area is 97.3 Å². The summed E-state index contributed by atoms with van der Waals surface area (Å²) in [5.74, 6) is 0. The molecule has 86 valence electrons. The molecule has 1 heterocycles. The van der Waals surface area contributed by atoms with Crippen molar-refractivity contribution in [2.75, 3.05) is 0 Å². The van der Waals surface area contributed by atoms with Crippen molar-refractivity contribution in [1.29, 1.82) is 0 Å². The van der Waals surface area contributed by atoms with E-state index in [1.54, 1.807) is 0 Å². The zero-order valence-corrected chi connectivity index (χ0v) is 10.8. The number of hydrogen-bond donors (Lipinski definition) is 0. The lowest BCUT2D eigenvalue weighted by molar-refractivity contribution is 0.581. The molecule has 0 bridgehead atoms. The fourth-order valence-electron chi connectivity index (χ4n) is 2.47. The van der Waals surface area contributed by atoms with Crippen molar-refractivity contribution in [3.05, 3.63) is 29.5 Å². The summed E-state index contributed by atoms with van der Waals surface area (Å²) in [5, 5.41) is 5.69. The van der Waals surface area contributed by atoms with Gasteiger partial charge in [0, 0.05) is 11.9 Å². The van der Waals surface area contributed by atoms with Crippen LogP contribution in [0.25, 0.3) is 10.9 Å². The quantitative estimate of drug-likeness (QED) is 0.711. The van der Waals surface area contributed by atoms with E-state index < -0.39 is 0 Å². The Morgan fingerprint density at radius 1 is 1.25 bits per heavy atom. The Morgan fingerprint density at radius 3 is 2.50 bits per heavy atom. The molecule has 0 N–H and O–H groups in total. The molecule has 0 saturated carbocycles. The summed E-state index contributed by atoms with van der Waals surface area (Å²) in [6.45, 7) is 12.1. The van der Waals surface area contributed by atoms with Gasteiger partial charge in [0.2, 0.25) is 0 Å². The minimum absolute atomic E-state index is 0.163. The third-order valence-corrected chi connectivity index (χ3v) is 3.06. The van der Waals surface area contributed by atoms with E-state index in [-0.39, 0.29) is 5.41 Å². The molecule has 2 rings (SSSR count). The largest absolute Gasteiger partial charge is 0.265 e. The summed E-state index contributed by atoms with van der Waals surface area (Å²) < 4.78 is 2.10. The highest BCUT2D eigenvalue weighted by molar-refractivity contribution is 5.84. The lowest BCUT2D eigenvalue weighted by Crippen LogP contribution is -2.15. The summed E-state index contributed by atoms with van der Waals surface area (Å²) in [7, 11) is 0. The van der Waals surface area contributed by atoms with Gasteiger partial charge in [-0.15, -0.1) is 0 Å². The molecule has 0 aliphatic rings. The van der Waals surface area contributed by atoms with Crippen molar-refractivity contribution in [3.63, 3.8) is 0 Å². The molecule has 0 atom stereocenters. The van der Waals surface area contributed by atoms with E-state index in [0.29, 0.717) is 0 Å². The van der Waals surface area contributed by atoms with Gasteiger partial charge in [-0.3, -0.25) is 4.68 Å². The van der Waals surface area contributed by atoms with Crippen molar-refractivity contribution in [1.82, 2.24) is 9.78 Å². The minimum Gasteiger partial charge on any atom is -0.265 e. The summed E-state index contributed by atoms with van der Waals surface area (Å²) >= 11 is 0. The molecule has 0 aliphatic carbocycles. The summed E-state index contributed by atoms with van der Waals surface area (Å²) in [6, 6.07) is 4.36. The van der Waals surface area contributed by atoms with Gasteiger partial charge in [-0.2, -0.15) is 5.10 Å². The first kappa shape index (κ1) is 11.2. The molecule has 0 amide bonds. The molecule has 2 heteroatoms. The number of nitrogens with zero attached hydrogens (tertiary/aromatic N) is 2. The SMILES string of the molecule is CCn1ncc2ccc(C)c(C(C)(C)C)c21. The molecule has 1 aromatic heterocycles. The molecule has 1 aromatic carbocycles. The van der Waals surface area contributed by atoms with Gasteiger partial charge in [-0.05, 0) is 30.4 Å². The fraction of sp³-hybridized carbons (Fsp3) is 0.500. The summed E-state index contributed by atoms with van der Waals surface area (Å²) in [5.41, 5.74) is 4.24. The van der Waals surface area contributed by atoms with Crippen LogP contribution >= 0.6 is 0 Å². The summed E-state index contributed by atoms with van der Waals surface area (Å²) in [6.07, 6.45) is 1.97. The van der Waals surface area contributed by atoms with Gasteiger partial charge >= 0.3 is 0 Å². The van der Waals surface area contributed by atoms with E-state index in [4.69, 9.17) is 0 Å². The second kappa shape index (κ2) is 3.62. The average molecular weight is 216 g/mol. The third-order valence-electron chi connectivity index (χ3n) is 3.06. The lowest BCUT2D eigenvalue weighted by atomic mass is 9.83. The maximum Gasteiger partial charge on any atom is 0.0722 e. The summed E-state index contributed by atoms with van der Waals surface area (Å²) in [4.78, 5) is 0. The van der Waals surface area contributed by atoms with Crippen molar-refractivity contribution in [3.8, 4) is 0 Å². The van der Waals surface area contributed by atoms with Gasteiger partial charge in [0.25, 0.3) is 0 Å². The van der Waals surface area contributed by atoms with E-state index in [9.17, 15) is 0 Å². The highest BCUT2D eigenvalue weighted by Gasteiger charge is 2.21. The van der Waals surface area contributed by atoms with Crippen LogP contribution in [-0.2, 0) is 12.0 Å². The second-order valence-electron chi connectivity index (χ2n) is 5.41. The van der Waals surface area contributed by atoms with Crippen molar-refractivity contribution >= 4 is 10.9 Å². The van der Waals surface area contributed by atoms with Crippen LogP contribution in [0.15, 0.2) is 18.3 Å². The molecule has 0 saturated heterocycles. The Bertz CT molecular complexity index is 515. The van der Waals surface area contributed by atoms with E-state index in [2.05, 4.69) is 56.5 Å². The van der Waals surface area contributed by atoms with Gasteiger partial charge in [-0.1, -0.05) is 32.9 Å². The predicted octanol–water partition coefficient (Wildman–Crippen LogP) is 3.66. The van der Waals surface area contributed by atoms with Crippen LogP contribution < -0.4 is 0 Å². The fourth-order valence-corrected chi connectivity index (χ4v) is 2.47. The van der Waals surface area contributed by atoms with Crippen LogP contribution in [0, 0.1) is 6.92 Å². The van der Waals surface area contributed by atoms with E-state index in [0.717, 1.165) is 6.54 Å². The maximum atomic E-state index is 4.45. The Morgan fingerprint density at radius 2 is 1.94 bits per heavy atom. The number of aromatic nitrogens is 2. The van der Waals surface area contributed by atoms with Crippen LogP contribution in [0.5, 0.6) is 0 Å². The Hall–Kier alpha value is -1.31. The molecular formula is C14H20N2. The molecule has 0 fully saturated rings. The molecule has 0 aliphatic heterocycles. The predicted molar refractivity (Wildman–Crippen MR) is 68.8 cm³/mol. The van der Waals surface area contributed by atoms with E-state index in [1.807, 2.05) is 6.20 Å². The number of aryl methyl sites for hydroxylation is 2. The first-order valence-corrected chi connectivity index (χ1v) is 5.90. The van der Waals surface area contributed by atoms with Gasteiger partial charge in [0.1, 0.15) is 0 Å². The van der Waals surface area contributed by atoms with Crippen LogP contribution in [0.4, 0.5) is 0 Å². The topological polar surface area (TPSA) is 17.8 Å². The number of hydrogen-bond acceptors (Lipinski definition) is 1. The van der Waals surface area contributed by atoms with Crippen LogP contribution in [0.3, 0.4) is 0 Å². The molecule has 2 aromatic rings. The van der Waals surface area contributed by atoms with Crippen molar-refractivity contribution in [2.24, 2.45) is 0 Å². The Balaban J connectivity index is 2.87. The van der Waals surface area contributed by atoms with Crippen molar-refractivity contribution in [2.45, 2.75) is 46.6 Å². The smallest absolute Gasteiger partial charge is 0.0722 e. The van der Waals surface area contributed by atoms with Gasteiger partial charge in [-0.25, -0.2) is 0 Å². The normalized spacial score (nSPS) is 12.3. The van der Waals surface area contributed by atoms with E-state index in [1.165, 1.54) is 22.0 Å². The van der Waals surface area contributed by atoms with Gasteiger partial charge in [0.05, 0.1) is 11.7 Å². The van der Waals surface area contributed by atoms with E-state index >= 15 is 0 Å². The van der Waals surface area contributed by atoms with Crippen LogP contribution in [0.2, 0.25) is 0 Å². The average Bonchev–Trinajstić information content (AvgIpc) is 2.58. The second-order valence-corrected chi connectivity index (χ2v) is 5.41. The molecule has 0 radical (unpaired) electrons. The molecule has 2 nitrogen and oxygen atoms in total. The lowest BCUT2D eigenvalue weighted by Gasteiger charge is -2.23. The zero-order valence-electron chi connectivity index (χ0n) is 10.8. The van der Waals surface area contributed by atoms with Gasteiger partial charge in [0.15, 0.2) is 0 Å². The first-order chi connectivity index (χ1) is 7.45. The number of fused-ring (bicyclic) bond motifs is 1. The molecular weight excluding hydrogens is 196 g/mol. The maximum absolute atomic E-state index is 4.45. The number of rotatable bonds is 1. The van der Waals surface area contributed by atoms with Crippen LogP contribution in [-0.4, -0.2) is 9.78 Å². The third kappa shape index (κ3) is 1.62. The molecule has 0 unspecified atom stereocenters. The van der Waals surface area contributed by atoms with Gasteiger partial charge < -0.3 is 0 Å². The highest BCUT2D eigenvalue weighted by atomic mass is 15.3. The zero-order chi connectivity index (χ0) is 11.9.